The highest BCUT2D eigenvalue weighted by molar-refractivity contribution is 5.89. The molecule has 6 nitrogen and oxygen atoms in total. The SMILES string of the molecule is Fc1cnc2n[nH]c(-c3cncc(NC4CC5CCC4CC5)n3)c2c1. The Morgan fingerprint density at radius 1 is 1.12 bits per heavy atom. The number of nitrogens with one attached hydrogen (secondary N) is 2. The van der Waals surface area contributed by atoms with E-state index >= 15 is 0 Å². The van der Waals surface area contributed by atoms with Crippen LogP contribution in [-0.2, 0) is 0 Å². The average Bonchev–Trinajstić information content (AvgIpc) is 3.06. The molecule has 0 aliphatic heterocycles. The second-order valence-corrected chi connectivity index (χ2v) is 7.18. The van der Waals surface area contributed by atoms with Crippen LogP contribution in [-0.4, -0.2) is 31.2 Å². The van der Waals surface area contributed by atoms with Gasteiger partial charge in [0.05, 0.1) is 29.7 Å². The van der Waals surface area contributed by atoms with Crippen LogP contribution in [0.4, 0.5) is 10.2 Å². The number of aromatic nitrogens is 5. The number of halogens is 1. The summed E-state index contributed by atoms with van der Waals surface area (Å²) in [5.74, 6) is 1.96. The summed E-state index contributed by atoms with van der Waals surface area (Å²) in [7, 11) is 0. The Hall–Kier alpha value is -2.57. The Labute approximate surface area is 144 Å². The van der Waals surface area contributed by atoms with Crippen LogP contribution in [0.25, 0.3) is 22.4 Å². The van der Waals surface area contributed by atoms with Crippen LogP contribution in [0.3, 0.4) is 0 Å². The van der Waals surface area contributed by atoms with Crippen molar-refractivity contribution < 1.29 is 4.39 Å². The molecule has 3 heterocycles. The van der Waals surface area contributed by atoms with Gasteiger partial charge < -0.3 is 5.32 Å². The molecule has 2 bridgehead atoms. The molecule has 3 aliphatic rings. The van der Waals surface area contributed by atoms with Crippen molar-refractivity contribution >= 4 is 16.9 Å². The summed E-state index contributed by atoms with van der Waals surface area (Å²) in [5, 5.41) is 11.2. The monoisotopic (exact) mass is 338 g/mol. The van der Waals surface area contributed by atoms with Gasteiger partial charge in [-0.1, -0.05) is 12.8 Å². The van der Waals surface area contributed by atoms with E-state index in [1.165, 1.54) is 38.2 Å². The molecule has 0 saturated heterocycles. The van der Waals surface area contributed by atoms with E-state index in [4.69, 9.17) is 0 Å². The Morgan fingerprint density at radius 2 is 2.00 bits per heavy atom. The zero-order chi connectivity index (χ0) is 16.8. The fourth-order valence-corrected chi connectivity index (χ4v) is 4.37. The molecule has 128 valence electrons. The van der Waals surface area contributed by atoms with Gasteiger partial charge in [-0.2, -0.15) is 5.10 Å². The molecule has 0 amide bonds. The van der Waals surface area contributed by atoms with E-state index in [1.54, 1.807) is 12.4 Å². The highest BCUT2D eigenvalue weighted by Gasteiger charge is 2.35. The summed E-state index contributed by atoms with van der Waals surface area (Å²) in [6.45, 7) is 0. The number of hydrogen-bond acceptors (Lipinski definition) is 5. The summed E-state index contributed by atoms with van der Waals surface area (Å²) < 4.78 is 13.5. The highest BCUT2D eigenvalue weighted by Crippen LogP contribution is 2.42. The van der Waals surface area contributed by atoms with Gasteiger partial charge in [0.25, 0.3) is 0 Å². The third kappa shape index (κ3) is 2.63. The molecule has 3 fully saturated rings. The number of fused-ring (bicyclic) bond motifs is 4. The van der Waals surface area contributed by atoms with Crippen LogP contribution in [0.5, 0.6) is 0 Å². The Bertz CT molecular complexity index is 915. The molecule has 0 aromatic carbocycles. The lowest BCUT2D eigenvalue weighted by molar-refractivity contribution is 0.157. The van der Waals surface area contributed by atoms with Crippen LogP contribution < -0.4 is 5.32 Å². The summed E-state index contributed by atoms with van der Waals surface area (Å²) in [5.41, 5.74) is 1.75. The maximum atomic E-state index is 13.5. The van der Waals surface area contributed by atoms with Crippen molar-refractivity contribution in [2.45, 2.75) is 38.1 Å². The van der Waals surface area contributed by atoms with Crippen LogP contribution in [0.15, 0.2) is 24.7 Å². The second kappa shape index (κ2) is 5.75. The first kappa shape index (κ1) is 14.7. The van der Waals surface area contributed by atoms with Crippen molar-refractivity contribution in [3.05, 3.63) is 30.5 Å². The van der Waals surface area contributed by atoms with E-state index in [0.29, 0.717) is 28.5 Å². The predicted molar refractivity (Wildman–Crippen MR) is 92.3 cm³/mol. The first-order valence-electron chi connectivity index (χ1n) is 8.85. The molecule has 0 radical (unpaired) electrons. The van der Waals surface area contributed by atoms with Crippen molar-refractivity contribution in [1.29, 1.82) is 0 Å². The normalized spacial score (nSPS) is 25.4. The molecule has 25 heavy (non-hydrogen) atoms. The third-order valence-corrected chi connectivity index (χ3v) is 5.65. The molecule has 2 N–H and O–H groups in total. The maximum Gasteiger partial charge on any atom is 0.181 e. The van der Waals surface area contributed by atoms with Crippen molar-refractivity contribution in [2.75, 3.05) is 5.32 Å². The molecule has 3 aliphatic carbocycles. The zero-order valence-corrected chi connectivity index (χ0v) is 13.7. The van der Waals surface area contributed by atoms with E-state index in [2.05, 4.69) is 30.5 Å². The van der Waals surface area contributed by atoms with E-state index in [1.807, 2.05) is 0 Å². The molecule has 0 spiro atoms. The molecular weight excluding hydrogens is 319 g/mol. The Morgan fingerprint density at radius 3 is 2.80 bits per heavy atom. The predicted octanol–water partition coefficient (Wildman–Crippen LogP) is 3.54. The summed E-state index contributed by atoms with van der Waals surface area (Å²) in [6.07, 6.45) is 11.2. The van der Waals surface area contributed by atoms with Gasteiger partial charge in [0, 0.05) is 6.04 Å². The lowest BCUT2D eigenvalue weighted by Crippen LogP contribution is -2.40. The minimum atomic E-state index is -0.393. The number of nitrogens with zero attached hydrogens (tertiary/aromatic N) is 4. The van der Waals surface area contributed by atoms with Gasteiger partial charge in [0.2, 0.25) is 0 Å². The molecular formula is C18H19FN6. The fourth-order valence-electron chi connectivity index (χ4n) is 4.37. The average molecular weight is 338 g/mol. The smallest absolute Gasteiger partial charge is 0.181 e. The van der Waals surface area contributed by atoms with Crippen LogP contribution in [0.1, 0.15) is 32.1 Å². The van der Waals surface area contributed by atoms with Gasteiger partial charge in [-0.25, -0.2) is 14.4 Å². The molecule has 3 saturated carbocycles. The fraction of sp³-hybridized carbons (Fsp3) is 0.444. The third-order valence-electron chi connectivity index (χ3n) is 5.65. The minimum Gasteiger partial charge on any atom is -0.366 e. The Kier molecular flexibility index (Phi) is 3.39. The van der Waals surface area contributed by atoms with Gasteiger partial charge in [-0.15, -0.1) is 0 Å². The van der Waals surface area contributed by atoms with E-state index in [0.717, 1.165) is 23.9 Å². The van der Waals surface area contributed by atoms with Crippen LogP contribution in [0.2, 0.25) is 0 Å². The number of H-pyrrole nitrogens is 1. The molecule has 7 heteroatoms. The van der Waals surface area contributed by atoms with Crippen molar-refractivity contribution in [1.82, 2.24) is 25.1 Å². The number of rotatable bonds is 3. The standard InChI is InChI=1S/C18H19FN6/c19-12-6-13-17(24-25-18(13)21-7-12)15-8-20-9-16(23-15)22-14-5-10-1-3-11(14)4-2-10/h6-11,14H,1-5H2,(H,22,23)(H,21,24,25). The van der Waals surface area contributed by atoms with Crippen molar-refractivity contribution in [3.63, 3.8) is 0 Å². The number of aromatic amines is 1. The molecule has 3 aromatic rings. The minimum absolute atomic E-state index is 0.393. The van der Waals surface area contributed by atoms with Crippen LogP contribution in [0, 0.1) is 17.7 Å². The van der Waals surface area contributed by atoms with Gasteiger partial charge in [0.15, 0.2) is 5.65 Å². The summed E-state index contributed by atoms with van der Waals surface area (Å²) >= 11 is 0. The largest absolute Gasteiger partial charge is 0.366 e. The van der Waals surface area contributed by atoms with E-state index < -0.39 is 5.82 Å². The number of pyridine rings is 1. The van der Waals surface area contributed by atoms with E-state index in [-0.39, 0.29) is 0 Å². The lowest BCUT2D eigenvalue weighted by Gasteiger charge is -2.42. The van der Waals surface area contributed by atoms with Gasteiger partial charge in [-0.3, -0.25) is 10.1 Å². The topological polar surface area (TPSA) is 79.4 Å². The quantitative estimate of drug-likeness (QED) is 0.763. The molecule has 6 rings (SSSR count). The first-order chi connectivity index (χ1) is 12.3. The summed E-state index contributed by atoms with van der Waals surface area (Å²) in [4.78, 5) is 13.0. The van der Waals surface area contributed by atoms with E-state index in [9.17, 15) is 4.39 Å². The molecule has 3 aromatic heterocycles. The lowest BCUT2D eigenvalue weighted by atomic mass is 9.68. The molecule has 1 unspecified atom stereocenters. The Balaban J connectivity index is 1.45. The van der Waals surface area contributed by atoms with Gasteiger partial charge in [0.1, 0.15) is 17.3 Å². The van der Waals surface area contributed by atoms with Gasteiger partial charge >= 0.3 is 0 Å². The number of anilines is 1. The molecule has 1 atom stereocenters. The zero-order valence-electron chi connectivity index (χ0n) is 13.7. The maximum absolute atomic E-state index is 13.5. The van der Waals surface area contributed by atoms with Gasteiger partial charge in [-0.05, 0) is 37.2 Å². The second-order valence-electron chi connectivity index (χ2n) is 7.18. The number of hydrogen-bond donors (Lipinski definition) is 2. The van der Waals surface area contributed by atoms with Crippen molar-refractivity contribution in [3.8, 4) is 11.4 Å². The summed E-state index contributed by atoms with van der Waals surface area (Å²) in [6, 6.07) is 1.90. The van der Waals surface area contributed by atoms with Crippen LogP contribution >= 0.6 is 0 Å². The highest BCUT2D eigenvalue weighted by atomic mass is 19.1. The van der Waals surface area contributed by atoms with Crippen molar-refractivity contribution in [2.24, 2.45) is 11.8 Å². The first-order valence-corrected chi connectivity index (χ1v) is 8.85.